The molecule has 5 N–H and O–H groups in total. The molecule has 84 valence electrons. The van der Waals surface area contributed by atoms with Crippen LogP contribution in [-0.2, 0) is 4.79 Å². The summed E-state index contributed by atoms with van der Waals surface area (Å²) in [4.78, 5) is 10.6. The molecule has 0 radical (unpaired) electrons. The Kier molecular flexibility index (Phi) is 6.05. The molecule has 0 rings (SSSR count). The minimum absolute atomic E-state index is 0.0612. The van der Waals surface area contributed by atoms with E-state index in [0.717, 1.165) is 0 Å². The Bertz CT molecular complexity index is 191. The minimum atomic E-state index is -1.58. The van der Waals surface area contributed by atoms with E-state index in [0.29, 0.717) is 0 Å². The molecule has 0 fully saturated rings. The lowest BCUT2D eigenvalue weighted by Crippen LogP contribution is -2.53. The maximum Gasteiger partial charge on any atom is 0.323 e. The molecule has 0 bridgehead atoms. The molecule has 0 amide bonds. The van der Waals surface area contributed by atoms with Gasteiger partial charge in [-0.2, -0.15) is 12.6 Å². The first-order valence-electron chi connectivity index (χ1n) is 4.00. The Morgan fingerprint density at radius 3 is 2.14 bits per heavy atom. The van der Waals surface area contributed by atoms with Crippen molar-refractivity contribution in [3.05, 3.63) is 0 Å². The van der Waals surface area contributed by atoms with Crippen LogP contribution in [0, 0.1) is 0 Å². The summed E-state index contributed by atoms with van der Waals surface area (Å²) >= 11 is 3.71. The van der Waals surface area contributed by atoms with Gasteiger partial charge < -0.3 is 25.7 Å². The number of carboxylic acid groups (broad SMARTS) is 1. The van der Waals surface area contributed by atoms with Gasteiger partial charge in [0.1, 0.15) is 18.2 Å². The van der Waals surface area contributed by atoms with Gasteiger partial charge in [0.15, 0.2) is 0 Å². The molecular weight excluding hydrogens is 210 g/mol. The van der Waals surface area contributed by atoms with E-state index in [1.54, 1.807) is 0 Å². The first kappa shape index (κ1) is 13.7. The highest BCUT2D eigenvalue weighted by Gasteiger charge is 2.34. The third-order valence-corrected chi connectivity index (χ3v) is 2.22. The molecule has 0 saturated heterocycles. The van der Waals surface area contributed by atoms with Crippen molar-refractivity contribution in [2.75, 3.05) is 12.8 Å². The zero-order valence-electron chi connectivity index (χ0n) is 7.66. The predicted octanol–water partition coefficient (Wildman–Crippen LogP) is -2.33. The Morgan fingerprint density at radius 1 is 1.36 bits per heavy atom. The van der Waals surface area contributed by atoms with Crippen LogP contribution in [0.25, 0.3) is 0 Å². The Labute approximate surface area is 87.0 Å². The SMILES string of the molecule is CNC(C(=O)O)C(O)C(O)C(O)CS. The molecule has 0 aliphatic carbocycles. The fourth-order valence-corrected chi connectivity index (χ4v) is 1.19. The molecule has 4 unspecified atom stereocenters. The molecule has 0 aromatic carbocycles. The maximum absolute atomic E-state index is 10.6. The highest BCUT2D eigenvalue weighted by molar-refractivity contribution is 7.80. The molecule has 0 aromatic rings. The van der Waals surface area contributed by atoms with Crippen molar-refractivity contribution >= 4 is 18.6 Å². The summed E-state index contributed by atoms with van der Waals surface area (Å²) in [7, 11) is 1.34. The molecule has 0 aromatic heterocycles. The maximum atomic E-state index is 10.6. The number of carboxylic acids is 1. The molecule has 7 heteroatoms. The predicted molar refractivity (Wildman–Crippen MR) is 52.4 cm³/mol. The summed E-state index contributed by atoms with van der Waals surface area (Å²) in [5.41, 5.74) is 0. The second kappa shape index (κ2) is 6.20. The van der Waals surface area contributed by atoms with E-state index in [4.69, 9.17) is 10.2 Å². The van der Waals surface area contributed by atoms with Crippen molar-refractivity contribution < 1.29 is 25.2 Å². The highest BCUT2D eigenvalue weighted by atomic mass is 32.1. The second-order valence-electron chi connectivity index (χ2n) is 2.84. The molecule has 4 atom stereocenters. The Hall–Kier alpha value is -0.340. The number of aliphatic hydroxyl groups excluding tert-OH is 3. The van der Waals surface area contributed by atoms with Crippen LogP contribution in [0.4, 0.5) is 0 Å². The lowest BCUT2D eigenvalue weighted by molar-refractivity contribution is -0.147. The van der Waals surface area contributed by atoms with E-state index in [1.165, 1.54) is 7.05 Å². The second-order valence-corrected chi connectivity index (χ2v) is 3.20. The van der Waals surface area contributed by atoms with E-state index in [-0.39, 0.29) is 5.75 Å². The van der Waals surface area contributed by atoms with Crippen molar-refractivity contribution in [1.82, 2.24) is 5.32 Å². The number of likely N-dealkylation sites (N-methyl/N-ethyl adjacent to an activating group) is 1. The van der Waals surface area contributed by atoms with Gasteiger partial charge in [0.25, 0.3) is 0 Å². The van der Waals surface area contributed by atoms with Crippen molar-refractivity contribution in [3.63, 3.8) is 0 Å². The molecular formula is C7H15NO5S. The molecule has 0 aliphatic heterocycles. The van der Waals surface area contributed by atoms with Crippen molar-refractivity contribution in [2.45, 2.75) is 24.4 Å². The normalized spacial score (nSPS) is 19.8. The van der Waals surface area contributed by atoms with Crippen LogP contribution in [0.15, 0.2) is 0 Å². The topological polar surface area (TPSA) is 110 Å². The van der Waals surface area contributed by atoms with Crippen LogP contribution in [0.1, 0.15) is 0 Å². The van der Waals surface area contributed by atoms with Crippen LogP contribution in [0.5, 0.6) is 0 Å². The zero-order valence-corrected chi connectivity index (χ0v) is 8.56. The highest BCUT2D eigenvalue weighted by Crippen LogP contribution is 2.06. The van der Waals surface area contributed by atoms with Gasteiger partial charge in [0.2, 0.25) is 0 Å². The molecule has 6 nitrogen and oxygen atoms in total. The van der Waals surface area contributed by atoms with E-state index in [1.807, 2.05) is 0 Å². The first-order chi connectivity index (χ1) is 6.45. The number of aliphatic carboxylic acids is 1. The van der Waals surface area contributed by atoms with Gasteiger partial charge in [-0.25, -0.2) is 0 Å². The van der Waals surface area contributed by atoms with Crippen LogP contribution < -0.4 is 5.32 Å². The number of nitrogens with one attached hydrogen (secondary N) is 1. The third-order valence-electron chi connectivity index (χ3n) is 1.85. The molecule has 0 spiro atoms. The smallest absolute Gasteiger partial charge is 0.323 e. The van der Waals surface area contributed by atoms with Gasteiger partial charge in [-0.3, -0.25) is 4.79 Å². The van der Waals surface area contributed by atoms with Gasteiger partial charge in [-0.1, -0.05) is 0 Å². The summed E-state index contributed by atoms with van der Waals surface area (Å²) in [5, 5.41) is 38.7. The van der Waals surface area contributed by atoms with E-state index in [2.05, 4.69) is 17.9 Å². The average molecular weight is 225 g/mol. The van der Waals surface area contributed by atoms with Crippen molar-refractivity contribution in [2.24, 2.45) is 0 Å². The van der Waals surface area contributed by atoms with Gasteiger partial charge >= 0.3 is 5.97 Å². The molecule has 0 heterocycles. The first-order valence-corrected chi connectivity index (χ1v) is 4.64. The third kappa shape index (κ3) is 3.43. The van der Waals surface area contributed by atoms with Crippen molar-refractivity contribution in [3.8, 4) is 0 Å². The quantitative estimate of drug-likeness (QED) is 0.283. The molecule has 14 heavy (non-hydrogen) atoms. The summed E-state index contributed by atoms with van der Waals surface area (Å²) in [6, 6.07) is -1.32. The number of hydrogen-bond donors (Lipinski definition) is 6. The monoisotopic (exact) mass is 225 g/mol. The number of aliphatic hydroxyl groups is 3. The standard InChI is InChI=1S/C7H15NO5S/c1-8-4(7(12)13)6(11)5(10)3(9)2-14/h3-6,8-11,14H,2H2,1H3,(H,12,13). The van der Waals surface area contributed by atoms with Crippen molar-refractivity contribution in [1.29, 1.82) is 0 Å². The number of rotatable bonds is 6. The van der Waals surface area contributed by atoms with Crippen LogP contribution >= 0.6 is 12.6 Å². The van der Waals surface area contributed by atoms with Crippen LogP contribution in [0.2, 0.25) is 0 Å². The number of thiol groups is 1. The minimum Gasteiger partial charge on any atom is -0.480 e. The fourth-order valence-electron chi connectivity index (χ4n) is 0.973. The summed E-state index contributed by atoms with van der Waals surface area (Å²) in [5.74, 6) is -1.36. The van der Waals surface area contributed by atoms with Gasteiger partial charge in [0, 0.05) is 5.75 Å². The molecule has 0 saturated carbocycles. The van der Waals surface area contributed by atoms with Gasteiger partial charge in [-0.15, -0.1) is 0 Å². The van der Waals surface area contributed by atoms with Gasteiger partial charge in [-0.05, 0) is 7.05 Å². The fraction of sp³-hybridized carbons (Fsp3) is 0.857. The van der Waals surface area contributed by atoms with Crippen LogP contribution in [-0.4, -0.2) is 63.5 Å². The lowest BCUT2D eigenvalue weighted by Gasteiger charge is -2.26. The average Bonchev–Trinajstić information content (AvgIpc) is 2.15. The van der Waals surface area contributed by atoms with Crippen LogP contribution in [0.3, 0.4) is 0 Å². The Morgan fingerprint density at radius 2 is 1.86 bits per heavy atom. The zero-order chi connectivity index (χ0) is 11.3. The number of carbonyl (C=O) groups is 1. The Balaban J connectivity index is 4.41. The summed E-state index contributed by atoms with van der Waals surface area (Å²) < 4.78 is 0. The van der Waals surface area contributed by atoms with E-state index >= 15 is 0 Å². The summed E-state index contributed by atoms with van der Waals surface area (Å²) in [6.07, 6.45) is -4.38. The number of hydrogen-bond acceptors (Lipinski definition) is 6. The lowest BCUT2D eigenvalue weighted by atomic mass is 10.0. The molecule has 0 aliphatic rings. The van der Waals surface area contributed by atoms with E-state index < -0.39 is 30.3 Å². The largest absolute Gasteiger partial charge is 0.480 e. The summed E-state index contributed by atoms with van der Waals surface area (Å²) in [6.45, 7) is 0. The van der Waals surface area contributed by atoms with Gasteiger partial charge in [0.05, 0.1) is 6.10 Å². The van der Waals surface area contributed by atoms with E-state index in [9.17, 15) is 15.0 Å².